The van der Waals surface area contributed by atoms with Gasteiger partial charge in [-0.2, -0.15) is 0 Å². The third-order valence-electron chi connectivity index (χ3n) is 2.38. The molecule has 1 aromatic carbocycles. The molecule has 0 radical (unpaired) electrons. The smallest absolute Gasteiger partial charge is 0.0856 e. The molecule has 1 heterocycles. The summed E-state index contributed by atoms with van der Waals surface area (Å²) < 4.78 is 1.59. The van der Waals surface area contributed by atoms with Crippen molar-refractivity contribution in [1.29, 1.82) is 0 Å². The van der Waals surface area contributed by atoms with Crippen molar-refractivity contribution in [3.05, 3.63) is 45.7 Å². The summed E-state index contributed by atoms with van der Waals surface area (Å²) in [6, 6.07) is 5.07. The lowest BCUT2D eigenvalue weighted by molar-refractivity contribution is 0.177. The summed E-state index contributed by atoms with van der Waals surface area (Å²) in [7, 11) is 1.78. The predicted molar refractivity (Wildman–Crippen MR) is 66.1 cm³/mol. The molecule has 0 aliphatic rings. The molecule has 1 N–H and O–H groups in total. The van der Waals surface area contributed by atoms with Gasteiger partial charge in [-0.1, -0.05) is 34.5 Å². The number of nitrogens with zero attached hydrogens (tertiary/aromatic N) is 3. The Kier molecular flexibility index (Phi) is 3.66. The van der Waals surface area contributed by atoms with E-state index in [9.17, 15) is 5.11 Å². The first kappa shape index (κ1) is 12.4. The Balaban J connectivity index is 2.14. The highest BCUT2D eigenvalue weighted by Gasteiger charge is 2.12. The van der Waals surface area contributed by atoms with Crippen LogP contribution in [-0.4, -0.2) is 20.1 Å². The van der Waals surface area contributed by atoms with Crippen LogP contribution in [0.15, 0.2) is 24.4 Å². The van der Waals surface area contributed by atoms with Crippen molar-refractivity contribution in [2.45, 2.75) is 12.5 Å². The van der Waals surface area contributed by atoms with Crippen molar-refractivity contribution in [3.63, 3.8) is 0 Å². The maximum absolute atomic E-state index is 10.0. The number of hydrogen-bond acceptors (Lipinski definition) is 3. The molecule has 0 fully saturated rings. The van der Waals surface area contributed by atoms with E-state index in [0.717, 1.165) is 5.69 Å². The van der Waals surface area contributed by atoms with Gasteiger partial charge in [0.25, 0.3) is 0 Å². The van der Waals surface area contributed by atoms with Gasteiger partial charge in [-0.15, -0.1) is 5.10 Å². The second-order valence-electron chi connectivity index (χ2n) is 3.78. The van der Waals surface area contributed by atoms with Crippen LogP contribution in [0.1, 0.15) is 17.4 Å². The van der Waals surface area contributed by atoms with Gasteiger partial charge in [0.2, 0.25) is 0 Å². The molecule has 0 saturated carbocycles. The molecule has 0 amide bonds. The Labute approximate surface area is 109 Å². The second-order valence-corrected chi connectivity index (χ2v) is 4.59. The fourth-order valence-electron chi connectivity index (χ4n) is 1.52. The number of aliphatic hydroxyl groups is 1. The van der Waals surface area contributed by atoms with Crippen molar-refractivity contribution in [2.24, 2.45) is 7.05 Å². The number of aromatic nitrogens is 3. The molecule has 17 heavy (non-hydrogen) atoms. The van der Waals surface area contributed by atoms with E-state index in [1.807, 2.05) is 0 Å². The largest absolute Gasteiger partial charge is 0.388 e. The van der Waals surface area contributed by atoms with Gasteiger partial charge in [0, 0.05) is 19.7 Å². The normalized spacial score (nSPS) is 12.7. The van der Waals surface area contributed by atoms with E-state index < -0.39 is 6.10 Å². The van der Waals surface area contributed by atoms with Crippen LogP contribution in [0.2, 0.25) is 10.0 Å². The highest BCUT2D eigenvalue weighted by Crippen LogP contribution is 2.26. The van der Waals surface area contributed by atoms with E-state index in [0.29, 0.717) is 22.0 Å². The van der Waals surface area contributed by atoms with Crippen LogP contribution in [0.5, 0.6) is 0 Å². The summed E-state index contributed by atoms with van der Waals surface area (Å²) in [6.07, 6.45) is 1.49. The zero-order chi connectivity index (χ0) is 12.4. The van der Waals surface area contributed by atoms with E-state index in [1.54, 1.807) is 36.1 Å². The highest BCUT2D eigenvalue weighted by atomic mass is 35.5. The molecule has 0 spiro atoms. The lowest BCUT2D eigenvalue weighted by Crippen LogP contribution is -2.02. The molecule has 2 rings (SSSR count). The molecule has 0 bridgehead atoms. The van der Waals surface area contributed by atoms with Gasteiger partial charge in [-0.3, -0.25) is 4.68 Å². The molecule has 4 nitrogen and oxygen atoms in total. The van der Waals surface area contributed by atoms with Crippen LogP contribution in [0.3, 0.4) is 0 Å². The first-order chi connectivity index (χ1) is 8.06. The first-order valence-electron chi connectivity index (χ1n) is 5.04. The summed E-state index contributed by atoms with van der Waals surface area (Å²) in [5.41, 5.74) is 1.44. The zero-order valence-corrected chi connectivity index (χ0v) is 10.7. The quantitative estimate of drug-likeness (QED) is 0.933. The number of halogens is 2. The summed E-state index contributed by atoms with van der Waals surface area (Å²) in [4.78, 5) is 0. The predicted octanol–water partition coefficient (Wildman–Crippen LogP) is 2.40. The average molecular weight is 272 g/mol. The maximum Gasteiger partial charge on any atom is 0.0856 e. The molecule has 1 unspecified atom stereocenters. The molecule has 1 atom stereocenters. The number of rotatable bonds is 3. The van der Waals surface area contributed by atoms with E-state index in [-0.39, 0.29) is 0 Å². The minimum Gasteiger partial charge on any atom is -0.388 e. The van der Waals surface area contributed by atoms with Crippen LogP contribution < -0.4 is 0 Å². The van der Waals surface area contributed by atoms with Crippen LogP contribution in [0.4, 0.5) is 0 Å². The standard InChI is InChI=1S/C11H11Cl2N3O/c1-16-6-8(14-15-16)5-11(17)7-2-3-9(12)10(13)4-7/h2-4,6,11,17H,5H2,1H3. The average Bonchev–Trinajstić information content (AvgIpc) is 2.68. The van der Waals surface area contributed by atoms with Gasteiger partial charge in [-0.25, -0.2) is 0 Å². The molecule has 6 heteroatoms. The molecule has 1 aromatic heterocycles. The molecular formula is C11H11Cl2N3O. The molecule has 0 aliphatic carbocycles. The van der Waals surface area contributed by atoms with Crippen LogP contribution in [-0.2, 0) is 13.5 Å². The lowest BCUT2D eigenvalue weighted by atomic mass is 10.1. The lowest BCUT2D eigenvalue weighted by Gasteiger charge is -2.09. The summed E-state index contributed by atoms with van der Waals surface area (Å²) in [5.74, 6) is 0. The van der Waals surface area contributed by atoms with Crippen molar-refractivity contribution < 1.29 is 5.11 Å². The second kappa shape index (κ2) is 5.04. The Morgan fingerprint density at radius 3 is 2.71 bits per heavy atom. The van der Waals surface area contributed by atoms with Gasteiger partial charge >= 0.3 is 0 Å². The van der Waals surface area contributed by atoms with Gasteiger partial charge in [0.05, 0.1) is 21.8 Å². The number of hydrogen-bond donors (Lipinski definition) is 1. The molecule has 0 aliphatic heterocycles. The minimum atomic E-state index is -0.665. The van der Waals surface area contributed by atoms with Crippen LogP contribution in [0.25, 0.3) is 0 Å². The number of aliphatic hydroxyl groups excluding tert-OH is 1. The number of aryl methyl sites for hydroxylation is 1. The van der Waals surface area contributed by atoms with Gasteiger partial charge in [0.15, 0.2) is 0 Å². The van der Waals surface area contributed by atoms with E-state index in [1.165, 1.54) is 0 Å². The van der Waals surface area contributed by atoms with Crippen molar-refractivity contribution >= 4 is 23.2 Å². The van der Waals surface area contributed by atoms with Crippen molar-refractivity contribution in [1.82, 2.24) is 15.0 Å². The molecule has 2 aromatic rings. The van der Waals surface area contributed by atoms with E-state index >= 15 is 0 Å². The summed E-state index contributed by atoms with van der Waals surface area (Å²) in [6.45, 7) is 0. The molecule has 0 saturated heterocycles. The fourth-order valence-corrected chi connectivity index (χ4v) is 1.83. The number of benzene rings is 1. The SMILES string of the molecule is Cn1cc(CC(O)c2ccc(Cl)c(Cl)c2)nn1. The van der Waals surface area contributed by atoms with E-state index in [4.69, 9.17) is 23.2 Å². The van der Waals surface area contributed by atoms with Crippen molar-refractivity contribution in [2.75, 3.05) is 0 Å². The summed E-state index contributed by atoms with van der Waals surface area (Å²) >= 11 is 11.7. The van der Waals surface area contributed by atoms with Gasteiger partial charge < -0.3 is 5.11 Å². The topological polar surface area (TPSA) is 50.9 Å². The molecular weight excluding hydrogens is 261 g/mol. The van der Waals surface area contributed by atoms with Gasteiger partial charge in [-0.05, 0) is 17.7 Å². The third-order valence-corrected chi connectivity index (χ3v) is 3.12. The Hall–Kier alpha value is -1.10. The minimum absolute atomic E-state index is 0.395. The molecule has 90 valence electrons. The summed E-state index contributed by atoms with van der Waals surface area (Å²) in [5, 5.41) is 18.6. The highest BCUT2D eigenvalue weighted by molar-refractivity contribution is 6.42. The third kappa shape index (κ3) is 2.97. The van der Waals surface area contributed by atoms with Gasteiger partial charge in [0.1, 0.15) is 0 Å². The fraction of sp³-hybridized carbons (Fsp3) is 0.273. The maximum atomic E-state index is 10.0. The zero-order valence-electron chi connectivity index (χ0n) is 9.14. The first-order valence-corrected chi connectivity index (χ1v) is 5.80. The Morgan fingerprint density at radius 1 is 1.35 bits per heavy atom. The van der Waals surface area contributed by atoms with Crippen LogP contribution in [0, 0.1) is 0 Å². The Bertz CT molecular complexity index is 527. The van der Waals surface area contributed by atoms with E-state index in [2.05, 4.69) is 10.3 Å². The Morgan fingerprint density at radius 2 is 2.12 bits per heavy atom. The van der Waals surface area contributed by atoms with Crippen molar-refractivity contribution in [3.8, 4) is 0 Å². The van der Waals surface area contributed by atoms with Crippen LogP contribution >= 0.6 is 23.2 Å². The monoisotopic (exact) mass is 271 g/mol.